The van der Waals surface area contributed by atoms with Crippen molar-refractivity contribution in [2.24, 2.45) is 0 Å². The van der Waals surface area contributed by atoms with Crippen LogP contribution in [0.2, 0.25) is 0 Å². The van der Waals surface area contributed by atoms with Gasteiger partial charge in [0.1, 0.15) is 5.82 Å². The van der Waals surface area contributed by atoms with Gasteiger partial charge in [-0.2, -0.15) is 0 Å². The zero-order valence-corrected chi connectivity index (χ0v) is 11.8. The van der Waals surface area contributed by atoms with Crippen molar-refractivity contribution in [1.29, 1.82) is 0 Å². The molecule has 0 unspecified atom stereocenters. The molecule has 0 spiro atoms. The average molecular weight is 313 g/mol. The van der Waals surface area contributed by atoms with E-state index in [1.54, 1.807) is 17.4 Å². The van der Waals surface area contributed by atoms with Gasteiger partial charge in [0.05, 0.1) is 0 Å². The molecule has 1 nitrogen and oxygen atoms in total. The Kier molecular flexibility index (Phi) is 3.45. The summed E-state index contributed by atoms with van der Waals surface area (Å²) in [6.07, 6.45) is 0. The molecule has 4 heteroatoms. The van der Waals surface area contributed by atoms with Crippen molar-refractivity contribution in [1.82, 2.24) is 0 Å². The van der Waals surface area contributed by atoms with Gasteiger partial charge in [0.25, 0.3) is 0 Å². The van der Waals surface area contributed by atoms with E-state index in [1.165, 1.54) is 12.1 Å². The maximum atomic E-state index is 13.2. The van der Waals surface area contributed by atoms with Crippen LogP contribution >= 0.6 is 27.3 Å². The molecule has 88 valence electrons. The number of benzene rings is 1. The number of carbonyl (C=O) groups is 1. The van der Waals surface area contributed by atoms with E-state index < -0.39 is 5.82 Å². The minimum Gasteiger partial charge on any atom is -0.289 e. The summed E-state index contributed by atoms with van der Waals surface area (Å²) in [6, 6.07) is 6.08. The molecule has 0 aliphatic rings. The Bertz CT molecular complexity index is 569. The summed E-state index contributed by atoms with van der Waals surface area (Å²) < 4.78 is 13.8. The molecule has 0 fully saturated rings. The zero-order valence-electron chi connectivity index (χ0n) is 9.38. The molecule has 1 aromatic carbocycles. The summed E-state index contributed by atoms with van der Waals surface area (Å²) in [5.74, 6) is -0.542. The van der Waals surface area contributed by atoms with Crippen LogP contribution in [0.3, 0.4) is 0 Å². The highest BCUT2D eigenvalue weighted by molar-refractivity contribution is 9.10. The van der Waals surface area contributed by atoms with E-state index in [2.05, 4.69) is 15.9 Å². The number of hydrogen-bond acceptors (Lipinski definition) is 2. The van der Waals surface area contributed by atoms with Gasteiger partial charge in [-0.1, -0.05) is 15.9 Å². The first-order valence-electron chi connectivity index (χ1n) is 5.05. The summed E-state index contributed by atoms with van der Waals surface area (Å²) in [7, 11) is 0. The van der Waals surface area contributed by atoms with Crippen molar-refractivity contribution in [3.8, 4) is 0 Å². The molecule has 0 N–H and O–H groups in total. The normalized spacial score (nSPS) is 10.6. The largest absolute Gasteiger partial charge is 0.289 e. The summed E-state index contributed by atoms with van der Waals surface area (Å²) in [4.78, 5) is 14.3. The van der Waals surface area contributed by atoms with E-state index >= 15 is 0 Å². The van der Waals surface area contributed by atoms with E-state index in [-0.39, 0.29) is 5.78 Å². The fraction of sp³-hybridized carbons (Fsp3) is 0.154. The highest BCUT2D eigenvalue weighted by Gasteiger charge is 2.15. The van der Waals surface area contributed by atoms with E-state index in [4.69, 9.17) is 0 Å². The molecule has 0 saturated heterocycles. The summed E-state index contributed by atoms with van der Waals surface area (Å²) in [6.45, 7) is 3.86. The molecular weight excluding hydrogens is 303 g/mol. The monoisotopic (exact) mass is 312 g/mol. The van der Waals surface area contributed by atoms with Crippen molar-refractivity contribution < 1.29 is 9.18 Å². The van der Waals surface area contributed by atoms with Crippen LogP contribution in [0.4, 0.5) is 4.39 Å². The van der Waals surface area contributed by atoms with Gasteiger partial charge in [0, 0.05) is 25.4 Å². The molecule has 0 atom stereocenters. The third-order valence-corrected chi connectivity index (χ3v) is 3.83. The van der Waals surface area contributed by atoms with Crippen LogP contribution in [-0.2, 0) is 0 Å². The fourth-order valence-electron chi connectivity index (χ4n) is 1.70. The molecule has 1 heterocycles. The summed E-state index contributed by atoms with van der Waals surface area (Å²) in [5.41, 5.74) is 1.03. The quantitative estimate of drug-likeness (QED) is 0.746. The number of aryl methyl sites for hydroxylation is 2. The Morgan fingerprint density at radius 1 is 1.24 bits per heavy atom. The molecule has 0 aliphatic heterocycles. The molecular formula is C13H10BrFOS. The van der Waals surface area contributed by atoms with E-state index in [1.807, 2.05) is 19.9 Å². The first kappa shape index (κ1) is 12.5. The van der Waals surface area contributed by atoms with Gasteiger partial charge < -0.3 is 0 Å². The van der Waals surface area contributed by atoms with E-state index in [0.29, 0.717) is 15.6 Å². The van der Waals surface area contributed by atoms with Crippen LogP contribution in [-0.4, -0.2) is 5.78 Å². The van der Waals surface area contributed by atoms with Crippen LogP contribution in [0.25, 0.3) is 0 Å². The van der Waals surface area contributed by atoms with Crippen molar-refractivity contribution in [2.45, 2.75) is 13.8 Å². The standard InChI is InChI=1S/C13H10BrFOS/c1-7-3-12(8(2)17-7)13(16)9-4-10(14)6-11(15)5-9/h3-6H,1-2H3. The minimum atomic E-state index is -0.410. The van der Waals surface area contributed by atoms with Gasteiger partial charge in [-0.15, -0.1) is 11.3 Å². The smallest absolute Gasteiger partial charge is 0.194 e. The molecule has 0 amide bonds. The maximum Gasteiger partial charge on any atom is 0.194 e. The topological polar surface area (TPSA) is 17.1 Å². The van der Waals surface area contributed by atoms with Gasteiger partial charge in [-0.05, 0) is 38.1 Å². The molecule has 0 bridgehead atoms. The van der Waals surface area contributed by atoms with Crippen molar-refractivity contribution in [3.05, 3.63) is 55.4 Å². The van der Waals surface area contributed by atoms with Crippen LogP contribution < -0.4 is 0 Å². The molecule has 0 saturated carbocycles. The lowest BCUT2D eigenvalue weighted by molar-refractivity contribution is 0.103. The maximum absolute atomic E-state index is 13.2. The van der Waals surface area contributed by atoms with Crippen molar-refractivity contribution >= 4 is 33.0 Å². The second kappa shape index (κ2) is 4.70. The predicted molar refractivity (Wildman–Crippen MR) is 71.3 cm³/mol. The lowest BCUT2D eigenvalue weighted by atomic mass is 10.0. The van der Waals surface area contributed by atoms with Gasteiger partial charge in [-0.3, -0.25) is 4.79 Å². The Morgan fingerprint density at radius 3 is 2.47 bits per heavy atom. The lowest BCUT2D eigenvalue weighted by Gasteiger charge is -2.01. The van der Waals surface area contributed by atoms with Gasteiger partial charge in [-0.25, -0.2) is 4.39 Å². The summed E-state index contributed by atoms with van der Waals surface area (Å²) in [5, 5.41) is 0. The Hall–Kier alpha value is -1.000. The number of hydrogen-bond donors (Lipinski definition) is 0. The Labute approximate surface area is 111 Å². The first-order chi connectivity index (χ1) is 7.97. The second-order valence-corrected chi connectivity index (χ2v) is 6.19. The number of ketones is 1. The van der Waals surface area contributed by atoms with Crippen LogP contribution in [0.5, 0.6) is 0 Å². The molecule has 0 radical (unpaired) electrons. The van der Waals surface area contributed by atoms with Gasteiger partial charge >= 0.3 is 0 Å². The minimum absolute atomic E-state index is 0.132. The predicted octanol–water partition coefficient (Wildman–Crippen LogP) is 4.50. The molecule has 2 rings (SSSR count). The van der Waals surface area contributed by atoms with Crippen molar-refractivity contribution in [3.63, 3.8) is 0 Å². The van der Waals surface area contributed by atoms with Crippen LogP contribution in [0.15, 0.2) is 28.7 Å². The number of thiophene rings is 1. The third kappa shape index (κ3) is 2.64. The highest BCUT2D eigenvalue weighted by Crippen LogP contribution is 2.25. The van der Waals surface area contributed by atoms with Gasteiger partial charge in [0.15, 0.2) is 5.78 Å². The van der Waals surface area contributed by atoms with Crippen LogP contribution in [0, 0.1) is 19.7 Å². The Morgan fingerprint density at radius 2 is 1.94 bits per heavy atom. The number of halogens is 2. The summed E-state index contributed by atoms with van der Waals surface area (Å²) >= 11 is 4.76. The second-order valence-electron chi connectivity index (χ2n) is 3.81. The van der Waals surface area contributed by atoms with E-state index in [9.17, 15) is 9.18 Å². The van der Waals surface area contributed by atoms with E-state index in [0.717, 1.165) is 9.75 Å². The number of rotatable bonds is 2. The number of carbonyl (C=O) groups excluding carboxylic acids is 1. The highest BCUT2D eigenvalue weighted by atomic mass is 79.9. The van der Waals surface area contributed by atoms with Crippen LogP contribution in [0.1, 0.15) is 25.7 Å². The SMILES string of the molecule is Cc1cc(C(=O)c2cc(F)cc(Br)c2)c(C)s1. The zero-order chi connectivity index (χ0) is 12.6. The first-order valence-corrected chi connectivity index (χ1v) is 6.66. The third-order valence-electron chi connectivity index (χ3n) is 2.41. The molecule has 1 aromatic heterocycles. The van der Waals surface area contributed by atoms with Gasteiger partial charge in [0.2, 0.25) is 0 Å². The lowest BCUT2D eigenvalue weighted by Crippen LogP contribution is -2.02. The molecule has 17 heavy (non-hydrogen) atoms. The molecule has 0 aliphatic carbocycles. The Balaban J connectivity index is 2.47. The average Bonchev–Trinajstić information content (AvgIpc) is 2.55. The molecule has 2 aromatic rings. The fourth-order valence-corrected chi connectivity index (χ4v) is 3.08. The van der Waals surface area contributed by atoms with Crippen molar-refractivity contribution in [2.75, 3.05) is 0 Å².